The second kappa shape index (κ2) is 12.9. The van der Waals surface area contributed by atoms with Gasteiger partial charge in [-0.25, -0.2) is 9.37 Å². The number of rotatable bonds is 9. The van der Waals surface area contributed by atoms with E-state index in [4.69, 9.17) is 10.1 Å². The minimum atomic E-state index is -0.295. The zero-order valence-corrected chi connectivity index (χ0v) is 26.6. The summed E-state index contributed by atoms with van der Waals surface area (Å²) < 4.78 is 14.8. The minimum Gasteiger partial charge on any atom is -0.384 e. The highest BCUT2D eigenvalue weighted by atomic mass is 19.1. The van der Waals surface area contributed by atoms with E-state index in [0.29, 0.717) is 6.54 Å². The molecule has 0 aliphatic carbocycles. The Hall–Kier alpha value is -4.80. The molecule has 1 saturated heterocycles. The first-order chi connectivity index (χ1) is 22.4. The molecule has 4 N–H and O–H groups in total. The van der Waals surface area contributed by atoms with Gasteiger partial charge in [-0.05, 0) is 106 Å². The molecule has 1 fully saturated rings. The van der Waals surface area contributed by atoms with Crippen LogP contribution >= 0.6 is 0 Å². The number of aryl methyl sites for hydroxylation is 1. The fourth-order valence-electron chi connectivity index (χ4n) is 6.48. The summed E-state index contributed by atoms with van der Waals surface area (Å²) in [6.07, 6.45) is 15.8. The number of nitrogens with zero attached hydrogens (tertiary/aromatic N) is 5. The van der Waals surface area contributed by atoms with Crippen LogP contribution in [0, 0.1) is 12.7 Å². The number of fused-ring (bicyclic) bond motifs is 2. The standard InChI is InChI=1S/C36H40FN9/c1-23-33-29(25-16-27(37)18-28(17-25)40-11-14-45(2)3)20-39-21-32(33)42-34(23)36-35-31(43-44-36)8-7-30(41-35)26-15-24(9-10-38-19-26)22-46-12-5-4-6-13-46/h7-10,15-21,38,40,42H,4-6,11-14,22H2,1-3H3,(H,43,44). The first kappa shape index (κ1) is 29.9. The second-order valence-electron chi connectivity index (χ2n) is 12.5. The van der Waals surface area contributed by atoms with E-state index in [0.717, 1.165) is 93.1 Å². The fraction of sp³-hybridized carbons (Fsp3) is 0.306. The Morgan fingerprint density at radius 1 is 1.04 bits per heavy atom. The molecule has 2 aliphatic rings. The van der Waals surface area contributed by atoms with Crippen LogP contribution in [0.5, 0.6) is 0 Å². The first-order valence-electron chi connectivity index (χ1n) is 16.0. The minimum absolute atomic E-state index is 0.295. The van der Waals surface area contributed by atoms with Crippen LogP contribution in [0.4, 0.5) is 10.1 Å². The Labute approximate surface area is 268 Å². The molecule has 0 amide bonds. The van der Waals surface area contributed by atoms with E-state index in [1.807, 2.05) is 50.9 Å². The molecule has 0 saturated carbocycles. The van der Waals surface area contributed by atoms with E-state index < -0.39 is 0 Å². The molecule has 9 nitrogen and oxygen atoms in total. The lowest BCUT2D eigenvalue weighted by Crippen LogP contribution is -2.31. The monoisotopic (exact) mass is 617 g/mol. The number of pyridine rings is 2. The molecule has 5 aromatic rings. The number of likely N-dealkylation sites (tertiary alicyclic amines) is 1. The predicted octanol–water partition coefficient (Wildman–Crippen LogP) is 6.46. The van der Waals surface area contributed by atoms with Gasteiger partial charge >= 0.3 is 0 Å². The summed E-state index contributed by atoms with van der Waals surface area (Å²) in [7, 11) is 4.03. The third-order valence-corrected chi connectivity index (χ3v) is 8.82. The number of nitrogens with one attached hydrogen (secondary N) is 4. The molecule has 0 atom stereocenters. The molecule has 10 heteroatoms. The van der Waals surface area contributed by atoms with Gasteiger partial charge in [-0.1, -0.05) is 6.42 Å². The topological polar surface area (TPSA) is 101 Å². The molecule has 4 aromatic heterocycles. The van der Waals surface area contributed by atoms with Gasteiger partial charge in [0.25, 0.3) is 0 Å². The van der Waals surface area contributed by atoms with Gasteiger partial charge in [0, 0.05) is 60.4 Å². The lowest BCUT2D eigenvalue weighted by Gasteiger charge is -2.26. The summed E-state index contributed by atoms with van der Waals surface area (Å²) in [4.78, 5) is 17.8. The smallest absolute Gasteiger partial charge is 0.135 e. The second-order valence-corrected chi connectivity index (χ2v) is 12.5. The van der Waals surface area contributed by atoms with Gasteiger partial charge in [0.2, 0.25) is 0 Å². The molecule has 6 heterocycles. The number of H-pyrrole nitrogens is 2. The van der Waals surface area contributed by atoms with Crippen molar-refractivity contribution in [3.05, 3.63) is 89.9 Å². The van der Waals surface area contributed by atoms with E-state index in [9.17, 15) is 4.39 Å². The van der Waals surface area contributed by atoms with Crippen molar-refractivity contribution < 1.29 is 4.39 Å². The van der Waals surface area contributed by atoms with Crippen LogP contribution < -0.4 is 10.6 Å². The molecule has 0 bridgehead atoms. The van der Waals surface area contributed by atoms with Gasteiger partial charge in [0.15, 0.2) is 0 Å². The summed E-state index contributed by atoms with van der Waals surface area (Å²) in [6, 6.07) is 9.14. The van der Waals surface area contributed by atoms with Gasteiger partial charge in [-0.15, -0.1) is 0 Å². The number of benzene rings is 1. The van der Waals surface area contributed by atoms with Crippen LogP contribution in [-0.2, 0) is 0 Å². The van der Waals surface area contributed by atoms with Gasteiger partial charge in [0.05, 0.1) is 28.6 Å². The molecule has 2 aliphatic heterocycles. The number of likely N-dealkylation sites (N-methyl/N-ethyl adjacent to an activating group) is 1. The molecular formula is C36H40FN9. The number of aromatic amines is 2. The van der Waals surface area contributed by atoms with Gasteiger partial charge in [0.1, 0.15) is 17.0 Å². The number of hydrogen-bond donors (Lipinski definition) is 4. The Morgan fingerprint density at radius 2 is 1.91 bits per heavy atom. The number of allylic oxidation sites excluding steroid dienone is 2. The quantitative estimate of drug-likeness (QED) is 0.151. The molecule has 7 rings (SSSR count). The molecular weight excluding hydrogens is 577 g/mol. The lowest BCUT2D eigenvalue weighted by atomic mass is 10.00. The number of anilines is 1. The van der Waals surface area contributed by atoms with E-state index in [-0.39, 0.29) is 5.82 Å². The zero-order chi connectivity index (χ0) is 31.6. The molecule has 0 spiro atoms. The fourth-order valence-corrected chi connectivity index (χ4v) is 6.48. The summed E-state index contributed by atoms with van der Waals surface area (Å²) >= 11 is 0. The molecule has 1 aromatic carbocycles. The van der Waals surface area contributed by atoms with Crippen LogP contribution in [0.1, 0.15) is 30.5 Å². The van der Waals surface area contributed by atoms with Crippen LogP contribution in [0.3, 0.4) is 0 Å². The summed E-state index contributed by atoms with van der Waals surface area (Å²) in [6.45, 7) is 6.85. The lowest BCUT2D eigenvalue weighted by molar-refractivity contribution is 0.248. The number of piperidine rings is 1. The summed E-state index contributed by atoms with van der Waals surface area (Å²) in [5, 5.41) is 15.5. The largest absolute Gasteiger partial charge is 0.384 e. The average molecular weight is 618 g/mol. The van der Waals surface area contributed by atoms with Crippen molar-refractivity contribution in [1.82, 2.24) is 40.3 Å². The maximum absolute atomic E-state index is 14.8. The zero-order valence-electron chi connectivity index (χ0n) is 26.6. The number of hydrogen-bond acceptors (Lipinski definition) is 7. The van der Waals surface area contributed by atoms with E-state index in [1.165, 1.54) is 30.9 Å². The van der Waals surface area contributed by atoms with E-state index in [2.05, 4.69) is 54.6 Å². The Kier molecular flexibility index (Phi) is 8.38. The molecule has 0 unspecified atom stereocenters. The number of aromatic nitrogens is 5. The average Bonchev–Trinajstić information content (AvgIpc) is 3.53. The first-order valence-corrected chi connectivity index (χ1v) is 16.0. The molecule has 0 radical (unpaired) electrons. The number of halogens is 1. The van der Waals surface area contributed by atoms with Gasteiger partial charge in [-0.2, -0.15) is 5.10 Å². The van der Waals surface area contributed by atoms with Crippen LogP contribution in [-0.4, -0.2) is 81.8 Å². The normalized spacial score (nSPS) is 15.7. The third-order valence-electron chi connectivity index (χ3n) is 8.82. The van der Waals surface area contributed by atoms with Crippen molar-refractivity contribution in [1.29, 1.82) is 0 Å². The Morgan fingerprint density at radius 3 is 2.76 bits per heavy atom. The van der Waals surface area contributed by atoms with Crippen LogP contribution in [0.2, 0.25) is 0 Å². The van der Waals surface area contributed by atoms with Crippen molar-refractivity contribution in [2.75, 3.05) is 52.1 Å². The maximum atomic E-state index is 14.8. The van der Waals surface area contributed by atoms with Crippen molar-refractivity contribution in [3.63, 3.8) is 0 Å². The highest BCUT2D eigenvalue weighted by Crippen LogP contribution is 2.38. The molecule has 46 heavy (non-hydrogen) atoms. The van der Waals surface area contributed by atoms with Crippen molar-refractivity contribution in [2.45, 2.75) is 26.2 Å². The van der Waals surface area contributed by atoms with E-state index >= 15 is 0 Å². The third kappa shape index (κ3) is 6.18. The highest BCUT2D eigenvalue weighted by Gasteiger charge is 2.20. The SMILES string of the molecule is Cc1c(-c2n[nH]c3ccc(C4=CNC=CC(CN5CCCCC5)=C4)nc23)[nH]c2cncc(-c3cc(F)cc(NCCN(C)C)c3)c12. The van der Waals surface area contributed by atoms with Gasteiger partial charge in [-0.3, -0.25) is 15.0 Å². The van der Waals surface area contributed by atoms with Crippen molar-refractivity contribution in [2.24, 2.45) is 0 Å². The summed E-state index contributed by atoms with van der Waals surface area (Å²) in [5.41, 5.74) is 10.6. The summed E-state index contributed by atoms with van der Waals surface area (Å²) in [5.74, 6) is -0.295. The molecule has 236 valence electrons. The maximum Gasteiger partial charge on any atom is 0.135 e. The highest BCUT2D eigenvalue weighted by molar-refractivity contribution is 6.03. The van der Waals surface area contributed by atoms with Crippen molar-refractivity contribution >= 4 is 33.2 Å². The Balaban J connectivity index is 1.24. The van der Waals surface area contributed by atoms with Gasteiger partial charge < -0.3 is 20.5 Å². The Bertz CT molecular complexity index is 1970. The van der Waals surface area contributed by atoms with Crippen LogP contribution in [0.15, 0.2) is 72.9 Å². The van der Waals surface area contributed by atoms with Crippen LogP contribution in [0.25, 0.3) is 50.0 Å². The predicted molar refractivity (Wildman–Crippen MR) is 185 cm³/mol. The van der Waals surface area contributed by atoms with E-state index in [1.54, 1.807) is 12.3 Å². The van der Waals surface area contributed by atoms with Crippen molar-refractivity contribution in [3.8, 4) is 22.5 Å².